The van der Waals surface area contributed by atoms with Gasteiger partial charge in [0.2, 0.25) is 0 Å². The molecule has 0 aromatic rings. The summed E-state index contributed by atoms with van der Waals surface area (Å²) >= 11 is 0. The fraction of sp³-hybridized carbons (Fsp3) is 1.00. The molecular formula is C8H17NO3S. The van der Waals surface area contributed by atoms with E-state index in [1.54, 1.807) is 7.05 Å². The van der Waals surface area contributed by atoms with E-state index >= 15 is 0 Å². The second kappa shape index (κ2) is 4.93. The van der Waals surface area contributed by atoms with Gasteiger partial charge < -0.3 is 4.84 Å². The molecule has 0 aromatic heterocycles. The zero-order valence-corrected chi connectivity index (χ0v) is 8.77. The average Bonchev–Trinajstić information content (AvgIpc) is 2.08. The molecule has 0 spiro atoms. The van der Waals surface area contributed by atoms with Crippen LogP contribution in [0, 0.1) is 5.92 Å². The SMILES string of the molecule is CNOCCC1CCS(=O)(=O)CC1. The van der Waals surface area contributed by atoms with Gasteiger partial charge in [0.25, 0.3) is 0 Å². The maximum atomic E-state index is 11.1. The largest absolute Gasteiger partial charge is 0.302 e. The lowest BCUT2D eigenvalue weighted by atomic mass is 10.00. The number of sulfone groups is 1. The first-order valence-corrected chi connectivity index (χ1v) is 6.45. The molecule has 0 radical (unpaired) electrons. The van der Waals surface area contributed by atoms with Gasteiger partial charge in [0, 0.05) is 7.05 Å². The average molecular weight is 207 g/mol. The maximum Gasteiger partial charge on any atom is 0.150 e. The summed E-state index contributed by atoms with van der Waals surface area (Å²) in [4.78, 5) is 4.99. The molecule has 1 aliphatic heterocycles. The Labute approximate surface area is 79.5 Å². The van der Waals surface area contributed by atoms with Crippen molar-refractivity contribution < 1.29 is 13.3 Å². The fourth-order valence-corrected chi connectivity index (χ4v) is 3.14. The number of hydrogen-bond donors (Lipinski definition) is 1. The van der Waals surface area contributed by atoms with E-state index < -0.39 is 9.84 Å². The fourth-order valence-electron chi connectivity index (χ4n) is 1.56. The van der Waals surface area contributed by atoms with Crippen LogP contribution >= 0.6 is 0 Å². The molecule has 1 fully saturated rings. The van der Waals surface area contributed by atoms with Crippen molar-refractivity contribution in [3.63, 3.8) is 0 Å². The molecule has 1 saturated heterocycles. The van der Waals surface area contributed by atoms with E-state index in [0.29, 0.717) is 24.0 Å². The van der Waals surface area contributed by atoms with E-state index in [1.165, 1.54) is 0 Å². The third-order valence-electron chi connectivity index (χ3n) is 2.45. The van der Waals surface area contributed by atoms with Gasteiger partial charge in [0.15, 0.2) is 0 Å². The first-order valence-electron chi connectivity index (χ1n) is 4.63. The molecule has 0 aliphatic carbocycles. The van der Waals surface area contributed by atoms with Gasteiger partial charge in [-0.05, 0) is 25.2 Å². The number of hydroxylamine groups is 1. The molecule has 1 rings (SSSR count). The quantitative estimate of drug-likeness (QED) is 0.534. The van der Waals surface area contributed by atoms with E-state index in [1.807, 2.05) is 0 Å². The van der Waals surface area contributed by atoms with Crippen LogP contribution in [-0.2, 0) is 14.7 Å². The lowest BCUT2D eigenvalue weighted by molar-refractivity contribution is 0.0475. The lowest BCUT2D eigenvalue weighted by Gasteiger charge is -2.21. The predicted molar refractivity (Wildman–Crippen MR) is 51.0 cm³/mol. The van der Waals surface area contributed by atoms with Crippen molar-refractivity contribution in [2.24, 2.45) is 5.92 Å². The van der Waals surface area contributed by atoms with Crippen molar-refractivity contribution in [3.8, 4) is 0 Å². The summed E-state index contributed by atoms with van der Waals surface area (Å²) in [6.07, 6.45) is 2.56. The van der Waals surface area contributed by atoms with Gasteiger partial charge in [0.05, 0.1) is 18.1 Å². The lowest BCUT2D eigenvalue weighted by Crippen LogP contribution is -2.24. The molecule has 0 amide bonds. The topological polar surface area (TPSA) is 55.4 Å². The highest BCUT2D eigenvalue weighted by Crippen LogP contribution is 2.21. The summed E-state index contributed by atoms with van der Waals surface area (Å²) < 4.78 is 22.2. The van der Waals surface area contributed by atoms with Crippen molar-refractivity contribution in [3.05, 3.63) is 0 Å². The standard InChI is InChI=1S/C8H17NO3S/c1-9-12-5-2-8-3-6-13(10,11)7-4-8/h8-9H,2-7H2,1H3. The van der Waals surface area contributed by atoms with Gasteiger partial charge in [0.1, 0.15) is 9.84 Å². The second-order valence-corrected chi connectivity index (χ2v) is 5.74. The zero-order valence-electron chi connectivity index (χ0n) is 7.95. The van der Waals surface area contributed by atoms with Crippen molar-refractivity contribution in [1.82, 2.24) is 5.48 Å². The molecule has 4 nitrogen and oxygen atoms in total. The van der Waals surface area contributed by atoms with E-state index in [2.05, 4.69) is 5.48 Å². The zero-order chi connectivity index (χ0) is 9.73. The number of rotatable bonds is 4. The molecule has 0 saturated carbocycles. The summed E-state index contributed by atoms with van der Waals surface area (Å²) in [5.41, 5.74) is 2.61. The molecular weight excluding hydrogens is 190 g/mol. The molecule has 1 aliphatic rings. The van der Waals surface area contributed by atoms with Gasteiger partial charge >= 0.3 is 0 Å². The highest BCUT2D eigenvalue weighted by molar-refractivity contribution is 7.91. The first kappa shape index (κ1) is 10.9. The molecule has 1 N–H and O–H groups in total. The molecule has 13 heavy (non-hydrogen) atoms. The maximum absolute atomic E-state index is 11.1. The van der Waals surface area contributed by atoms with Crippen molar-refractivity contribution in [2.45, 2.75) is 19.3 Å². The number of nitrogens with one attached hydrogen (secondary N) is 1. The Morgan fingerprint density at radius 3 is 2.54 bits per heavy atom. The molecule has 0 aromatic carbocycles. The van der Waals surface area contributed by atoms with Gasteiger partial charge in [-0.15, -0.1) is 0 Å². The Bertz CT molecular complexity index is 224. The minimum Gasteiger partial charge on any atom is -0.302 e. The molecule has 0 bridgehead atoms. The van der Waals surface area contributed by atoms with Crippen LogP contribution in [0.25, 0.3) is 0 Å². The van der Waals surface area contributed by atoms with Crippen molar-refractivity contribution >= 4 is 9.84 Å². The van der Waals surface area contributed by atoms with Gasteiger partial charge in [-0.2, -0.15) is 0 Å². The van der Waals surface area contributed by atoms with Crippen LogP contribution in [-0.4, -0.2) is 33.6 Å². The van der Waals surface area contributed by atoms with Crippen LogP contribution in [0.3, 0.4) is 0 Å². The molecule has 78 valence electrons. The van der Waals surface area contributed by atoms with Crippen LogP contribution in [0.5, 0.6) is 0 Å². The molecule has 5 heteroatoms. The summed E-state index contributed by atoms with van der Waals surface area (Å²) in [5.74, 6) is 1.24. The smallest absolute Gasteiger partial charge is 0.150 e. The Kier molecular flexibility index (Phi) is 4.15. The van der Waals surface area contributed by atoms with Crippen LogP contribution in [0.4, 0.5) is 0 Å². The summed E-state index contributed by atoms with van der Waals surface area (Å²) in [7, 11) is -0.975. The van der Waals surface area contributed by atoms with Gasteiger partial charge in [-0.25, -0.2) is 13.9 Å². The highest BCUT2D eigenvalue weighted by Gasteiger charge is 2.22. The summed E-state index contributed by atoms with van der Waals surface area (Å²) in [5, 5.41) is 0. The third-order valence-corrected chi connectivity index (χ3v) is 4.16. The Hall–Kier alpha value is -0.130. The van der Waals surface area contributed by atoms with E-state index in [9.17, 15) is 8.42 Å². The normalized spacial score (nSPS) is 23.2. The molecule has 1 heterocycles. The summed E-state index contributed by atoms with van der Waals surface area (Å²) in [6.45, 7) is 0.668. The van der Waals surface area contributed by atoms with E-state index in [4.69, 9.17) is 4.84 Å². The Morgan fingerprint density at radius 2 is 2.00 bits per heavy atom. The van der Waals surface area contributed by atoms with Crippen molar-refractivity contribution in [2.75, 3.05) is 25.2 Å². The molecule has 0 unspecified atom stereocenters. The first-order chi connectivity index (χ1) is 6.14. The Balaban J connectivity index is 2.18. The van der Waals surface area contributed by atoms with Gasteiger partial charge in [-0.1, -0.05) is 0 Å². The number of hydrogen-bond acceptors (Lipinski definition) is 4. The van der Waals surface area contributed by atoms with Crippen LogP contribution in [0.15, 0.2) is 0 Å². The Morgan fingerprint density at radius 1 is 1.38 bits per heavy atom. The monoisotopic (exact) mass is 207 g/mol. The van der Waals surface area contributed by atoms with Gasteiger partial charge in [-0.3, -0.25) is 0 Å². The minimum atomic E-state index is -2.70. The minimum absolute atomic E-state index is 0.358. The van der Waals surface area contributed by atoms with Crippen LogP contribution < -0.4 is 5.48 Å². The van der Waals surface area contributed by atoms with Crippen LogP contribution in [0.1, 0.15) is 19.3 Å². The van der Waals surface area contributed by atoms with E-state index in [-0.39, 0.29) is 0 Å². The summed E-state index contributed by atoms with van der Waals surface area (Å²) in [6, 6.07) is 0. The second-order valence-electron chi connectivity index (χ2n) is 3.44. The molecule has 0 atom stereocenters. The highest BCUT2D eigenvalue weighted by atomic mass is 32.2. The predicted octanol–water partition coefficient (Wildman–Crippen LogP) is 0.352. The van der Waals surface area contributed by atoms with Crippen LogP contribution in [0.2, 0.25) is 0 Å². The van der Waals surface area contributed by atoms with E-state index in [0.717, 1.165) is 19.3 Å². The van der Waals surface area contributed by atoms with Crippen molar-refractivity contribution in [1.29, 1.82) is 0 Å². The third kappa shape index (κ3) is 4.06.